The number of amides is 2. The van der Waals surface area contributed by atoms with Crippen molar-refractivity contribution in [3.63, 3.8) is 0 Å². The smallest absolute Gasteiger partial charge is 0.310 e. The third-order valence-electron chi connectivity index (χ3n) is 5.28. The van der Waals surface area contributed by atoms with Crippen molar-refractivity contribution in [3.05, 3.63) is 90.0 Å². The molecule has 1 aliphatic rings. The Morgan fingerprint density at radius 1 is 0.781 bits per heavy atom. The van der Waals surface area contributed by atoms with E-state index < -0.39 is 0 Å². The maximum atomic E-state index is 12.1. The van der Waals surface area contributed by atoms with Crippen LogP contribution in [0, 0.1) is 0 Å². The number of esters is 1. The molecule has 2 amide bonds. The number of hydrogen-bond acceptors (Lipinski definition) is 5. The minimum absolute atomic E-state index is 0.205. The highest BCUT2D eigenvalue weighted by molar-refractivity contribution is 5.98. The van der Waals surface area contributed by atoms with E-state index in [2.05, 4.69) is 5.43 Å². The minimum Gasteiger partial charge on any atom is -0.461 e. The number of hydrogen-bond donors (Lipinski definition) is 1. The average Bonchev–Trinajstić information content (AvgIpc) is 2.82. The van der Waals surface area contributed by atoms with Gasteiger partial charge < -0.3 is 4.74 Å². The average molecular weight is 428 g/mol. The van der Waals surface area contributed by atoms with Crippen LogP contribution in [0.5, 0.6) is 0 Å². The molecule has 0 saturated carbocycles. The van der Waals surface area contributed by atoms with Crippen molar-refractivity contribution < 1.29 is 19.1 Å². The highest BCUT2D eigenvalue weighted by Gasteiger charge is 2.25. The summed E-state index contributed by atoms with van der Waals surface area (Å²) in [5.74, 6) is -0.676. The Kier molecular flexibility index (Phi) is 6.60. The van der Waals surface area contributed by atoms with Gasteiger partial charge in [-0.25, -0.2) is 0 Å². The van der Waals surface area contributed by atoms with Crippen LogP contribution in [0.1, 0.15) is 30.4 Å². The zero-order valence-corrected chi connectivity index (χ0v) is 17.6. The Morgan fingerprint density at radius 3 is 2.00 bits per heavy atom. The van der Waals surface area contributed by atoms with Gasteiger partial charge >= 0.3 is 5.97 Å². The lowest BCUT2D eigenvalue weighted by atomic mass is 10.0. The largest absolute Gasteiger partial charge is 0.461 e. The second-order valence-corrected chi connectivity index (χ2v) is 7.69. The van der Waals surface area contributed by atoms with E-state index in [0.717, 1.165) is 27.3 Å². The van der Waals surface area contributed by atoms with Gasteiger partial charge in [0.1, 0.15) is 6.61 Å². The van der Waals surface area contributed by atoms with E-state index in [1.54, 1.807) is 0 Å². The molecule has 32 heavy (non-hydrogen) atoms. The molecule has 0 aliphatic carbocycles. The third-order valence-corrected chi connectivity index (χ3v) is 5.28. The fraction of sp³-hybridized carbons (Fsp3) is 0.192. The third kappa shape index (κ3) is 5.40. The Bertz CT molecular complexity index is 1080. The monoisotopic (exact) mass is 428 g/mol. The first kappa shape index (κ1) is 21.3. The summed E-state index contributed by atoms with van der Waals surface area (Å²) >= 11 is 0. The number of hydrazine groups is 1. The summed E-state index contributed by atoms with van der Waals surface area (Å²) in [5.41, 5.74) is 7.41. The van der Waals surface area contributed by atoms with E-state index >= 15 is 0 Å². The second kappa shape index (κ2) is 9.92. The van der Waals surface area contributed by atoms with Crippen molar-refractivity contribution in [2.45, 2.75) is 32.3 Å². The molecule has 1 heterocycles. The summed E-state index contributed by atoms with van der Waals surface area (Å²) in [6.45, 7) is 0.271. The van der Waals surface area contributed by atoms with E-state index in [1.165, 1.54) is 0 Å². The number of carbonyl (C=O) groups is 3. The van der Waals surface area contributed by atoms with Crippen molar-refractivity contribution in [3.8, 4) is 11.1 Å². The molecule has 6 nitrogen and oxygen atoms in total. The van der Waals surface area contributed by atoms with Gasteiger partial charge in [0, 0.05) is 12.8 Å². The van der Waals surface area contributed by atoms with Crippen LogP contribution in [-0.2, 0) is 32.1 Å². The van der Waals surface area contributed by atoms with Crippen LogP contribution in [-0.4, -0.2) is 22.8 Å². The minimum atomic E-state index is -0.265. The number of ether oxygens (including phenoxy) is 1. The molecule has 0 spiro atoms. The van der Waals surface area contributed by atoms with Crippen LogP contribution in [0.2, 0.25) is 0 Å². The molecule has 1 saturated heterocycles. The van der Waals surface area contributed by atoms with Gasteiger partial charge in [0.05, 0.1) is 12.1 Å². The van der Waals surface area contributed by atoms with Gasteiger partial charge in [-0.1, -0.05) is 66.7 Å². The molecule has 0 bridgehead atoms. The van der Waals surface area contributed by atoms with Crippen molar-refractivity contribution in [2.75, 3.05) is 5.43 Å². The maximum Gasteiger partial charge on any atom is 0.310 e. The van der Waals surface area contributed by atoms with Gasteiger partial charge in [-0.2, -0.15) is 5.01 Å². The quantitative estimate of drug-likeness (QED) is 0.443. The maximum absolute atomic E-state index is 12.1. The first-order valence-electron chi connectivity index (χ1n) is 10.6. The number of rotatable bonds is 7. The van der Waals surface area contributed by atoms with E-state index in [-0.39, 0.29) is 30.8 Å². The number of piperidine rings is 1. The number of anilines is 1. The molecular weight excluding hydrogens is 404 g/mol. The molecule has 0 atom stereocenters. The van der Waals surface area contributed by atoms with E-state index in [1.807, 2.05) is 78.9 Å². The topological polar surface area (TPSA) is 75.7 Å². The van der Waals surface area contributed by atoms with E-state index in [9.17, 15) is 14.4 Å². The van der Waals surface area contributed by atoms with Crippen molar-refractivity contribution in [1.29, 1.82) is 0 Å². The molecule has 3 aromatic rings. The van der Waals surface area contributed by atoms with Crippen molar-refractivity contribution in [2.24, 2.45) is 0 Å². The van der Waals surface area contributed by atoms with E-state index in [0.29, 0.717) is 24.9 Å². The highest BCUT2D eigenvalue weighted by Crippen LogP contribution is 2.23. The molecule has 0 radical (unpaired) electrons. The summed E-state index contributed by atoms with van der Waals surface area (Å²) in [6.07, 6.45) is 1.58. The van der Waals surface area contributed by atoms with Crippen molar-refractivity contribution >= 4 is 23.5 Å². The van der Waals surface area contributed by atoms with Gasteiger partial charge in [-0.3, -0.25) is 19.8 Å². The zero-order valence-electron chi connectivity index (χ0n) is 17.6. The second-order valence-electron chi connectivity index (χ2n) is 7.69. The van der Waals surface area contributed by atoms with Gasteiger partial charge in [-0.15, -0.1) is 0 Å². The lowest BCUT2D eigenvalue weighted by Crippen LogP contribution is -2.44. The number of imide groups is 1. The highest BCUT2D eigenvalue weighted by atomic mass is 16.5. The number of carbonyl (C=O) groups excluding carboxylic acids is 3. The predicted molar refractivity (Wildman–Crippen MR) is 121 cm³/mol. The molecule has 4 rings (SSSR count). The Morgan fingerprint density at radius 2 is 1.38 bits per heavy atom. The number of nitrogens with one attached hydrogen (secondary N) is 1. The van der Waals surface area contributed by atoms with Crippen LogP contribution < -0.4 is 5.43 Å². The number of benzene rings is 3. The Hall–Kier alpha value is -3.93. The van der Waals surface area contributed by atoms with Crippen LogP contribution in [0.25, 0.3) is 11.1 Å². The van der Waals surface area contributed by atoms with Crippen LogP contribution >= 0.6 is 0 Å². The Labute approximate surface area is 186 Å². The first-order chi connectivity index (χ1) is 15.6. The fourth-order valence-electron chi connectivity index (χ4n) is 3.52. The van der Waals surface area contributed by atoms with Gasteiger partial charge in [0.25, 0.3) is 0 Å². The molecular formula is C26H24N2O4. The normalized spacial score (nSPS) is 13.7. The zero-order chi connectivity index (χ0) is 22.3. The molecule has 3 aromatic carbocycles. The Balaban J connectivity index is 1.33. The number of nitrogens with zero attached hydrogens (tertiary/aromatic N) is 1. The van der Waals surface area contributed by atoms with Gasteiger partial charge in [-0.05, 0) is 40.8 Å². The standard InChI is InChI=1S/C26H24N2O4/c29-24-7-4-8-25(30)28(24)27-23-15-13-22(14-16-23)21-11-9-19(10-12-21)17-26(31)32-18-20-5-2-1-3-6-20/h1-3,5-6,9-16,27H,4,7-8,17-18H2. The summed E-state index contributed by atoms with van der Waals surface area (Å²) in [5, 5.41) is 1.10. The first-order valence-corrected chi connectivity index (χ1v) is 10.6. The van der Waals surface area contributed by atoms with Crippen LogP contribution in [0.15, 0.2) is 78.9 Å². The SMILES string of the molecule is O=C(Cc1ccc(-c2ccc(NN3C(=O)CCCC3=O)cc2)cc1)OCc1ccccc1. The fourth-order valence-corrected chi connectivity index (χ4v) is 3.52. The molecule has 1 aliphatic heterocycles. The summed E-state index contributed by atoms with van der Waals surface area (Å²) in [4.78, 5) is 36.0. The lowest BCUT2D eigenvalue weighted by molar-refractivity contribution is -0.146. The summed E-state index contributed by atoms with van der Waals surface area (Å²) in [6, 6.07) is 24.8. The molecule has 6 heteroatoms. The molecule has 0 unspecified atom stereocenters. The molecule has 1 N–H and O–H groups in total. The van der Waals surface area contributed by atoms with Crippen LogP contribution in [0.4, 0.5) is 5.69 Å². The predicted octanol–water partition coefficient (Wildman–Crippen LogP) is 4.51. The van der Waals surface area contributed by atoms with Crippen molar-refractivity contribution in [1.82, 2.24) is 5.01 Å². The lowest BCUT2D eigenvalue weighted by Gasteiger charge is -2.25. The molecule has 1 fully saturated rings. The van der Waals surface area contributed by atoms with E-state index in [4.69, 9.17) is 4.74 Å². The molecule has 0 aromatic heterocycles. The molecule has 162 valence electrons. The summed E-state index contributed by atoms with van der Waals surface area (Å²) < 4.78 is 5.34. The van der Waals surface area contributed by atoms with Gasteiger partial charge in [0.2, 0.25) is 11.8 Å². The summed E-state index contributed by atoms with van der Waals surface area (Å²) in [7, 11) is 0. The van der Waals surface area contributed by atoms with Gasteiger partial charge in [0.15, 0.2) is 0 Å². The van der Waals surface area contributed by atoms with Crippen LogP contribution in [0.3, 0.4) is 0 Å².